The van der Waals surface area contributed by atoms with Crippen LogP contribution in [0.15, 0.2) is 24.3 Å². The molecule has 0 unspecified atom stereocenters. The normalized spacial score (nSPS) is 7.33. The molecule has 0 spiro atoms. The lowest BCUT2D eigenvalue weighted by atomic mass is 10.3. The zero-order chi connectivity index (χ0) is 9.98. The zero-order valence-electron chi connectivity index (χ0n) is 8.39. The number of hydrogen-bond donors (Lipinski definition) is 0. The molecule has 0 fully saturated rings. The Balaban J connectivity index is 0. The van der Waals surface area contributed by atoms with E-state index in [1.54, 1.807) is 0 Å². The highest BCUT2D eigenvalue weighted by Crippen LogP contribution is 1.88. The van der Waals surface area contributed by atoms with Crippen molar-refractivity contribution < 1.29 is 9.53 Å². The van der Waals surface area contributed by atoms with E-state index in [2.05, 4.69) is 18.2 Å². The monoisotopic (exact) mass is 170 g/mol. The molecule has 0 aromatic carbocycles. The molecule has 0 aromatic rings. The Hall–Kier alpha value is -1.05. The third-order valence-corrected chi connectivity index (χ3v) is 0.896. The fraction of sp³-hybridized carbons (Fsp3) is 0.500. The van der Waals surface area contributed by atoms with Crippen molar-refractivity contribution in [2.24, 2.45) is 0 Å². The van der Waals surface area contributed by atoms with Gasteiger partial charge in [0.1, 0.15) is 0 Å². The Kier molecular flexibility index (Phi) is 11.2. The molecule has 0 N–H and O–H groups in total. The summed E-state index contributed by atoms with van der Waals surface area (Å²) < 4.78 is 4.35. The summed E-state index contributed by atoms with van der Waals surface area (Å²) in [6, 6.07) is 0. The molecular formula is C10H18O2. The maximum Gasteiger partial charge on any atom is 0.330 e. The predicted octanol–water partition coefficient (Wildman–Crippen LogP) is 2.71. The molecule has 0 atom stereocenters. The average Bonchev–Trinajstić information content (AvgIpc) is 2.04. The Morgan fingerprint density at radius 1 is 1.50 bits per heavy atom. The van der Waals surface area contributed by atoms with Crippen LogP contribution in [0.5, 0.6) is 0 Å². The van der Waals surface area contributed by atoms with E-state index in [0.717, 1.165) is 12.0 Å². The third kappa shape index (κ3) is 16.0. The van der Waals surface area contributed by atoms with E-state index in [0.29, 0.717) is 0 Å². The molecule has 70 valence electrons. The molecule has 12 heavy (non-hydrogen) atoms. The third-order valence-electron chi connectivity index (χ3n) is 0.896. The van der Waals surface area contributed by atoms with Crippen LogP contribution >= 0.6 is 0 Å². The number of carbonyl (C=O) groups is 1. The van der Waals surface area contributed by atoms with Crippen molar-refractivity contribution in [2.45, 2.75) is 27.2 Å². The Labute approximate surface area is 74.9 Å². The number of esters is 1. The summed E-state index contributed by atoms with van der Waals surface area (Å²) in [5, 5.41) is 0. The quantitative estimate of drug-likeness (QED) is 0.362. The molecule has 0 saturated heterocycles. The fourth-order valence-electron chi connectivity index (χ4n) is 0.295. The summed E-state index contributed by atoms with van der Waals surface area (Å²) in [7, 11) is 1.36. The second-order valence-electron chi connectivity index (χ2n) is 2.44. The van der Waals surface area contributed by atoms with E-state index < -0.39 is 0 Å². The first-order valence-corrected chi connectivity index (χ1v) is 3.92. The SMILES string of the molecule is C=CCC.COC(=O)C=C(C)C. The standard InChI is InChI=1S/C6H10O2.C4H8/c1-5(2)4-6(7)8-3;1-3-4-2/h4H,1-3H3;3H,1,4H2,2H3. The average molecular weight is 170 g/mol. The fourth-order valence-corrected chi connectivity index (χ4v) is 0.295. The van der Waals surface area contributed by atoms with Gasteiger partial charge in [0.05, 0.1) is 7.11 Å². The van der Waals surface area contributed by atoms with Gasteiger partial charge >= 0.3 is 5.97 Å². The van der Waals surface area contributed by atoms with Gasteiger partial charge in [0.15, 0.2) is 0 Å². The number of methoxy groups -OCH3 is 1. The second-order valence-corrected chi connectivity index (χ2v) is 2.44. The Morgan fingerprint density at radius 3 is 2.00 bits per heavy atom. The Morgan fingerprint density at radius 2 is 1.92 bits per heavy atom. The molecule has 0 heterocycles. The van der Waals surface area contributed by atoms with Crippen LogP contribution in [0.2, 0.25) is 0 Å². The number of ether oxygens (including phenoxy) is 1. The van der Waals surface area contributed by atoms with Crippen molar-refractivity contribution in [3.05, 3.63) is 24.3 Å². The van der Waals surface area contributed by atoms with Gasteiger partial charge in [0, 0.05) is 6.08 Å². The van der Waals surface area contributed by atoms with Crippen LogP contribution in [0.4, 0.5) is 0 Å². The van der Waals surface area contributed by atoms with Gasteiger partial charge in [-0.05, 0) is 20.3 Å². The summed E-state index contributed by atoms with van der Waals surface area (Å²) in [5.41, 5.74) is 0.955. The van der Waals surface area contributed by atoms with Crippen LogP contribution in [0, 0.1) is 0 Å². The van der Waals surface area contributed by atoms with Gasteiger partial charge < -0.3 is 4.74 Å². The lowest BCUT2D eigenvalue weighted by Crippen LogP contribution is -1.94. The summed E-state index contributed by atoms with van der Waals surface area (Å²) in [6.45, 7) is 9.23. The van der Waals surface area contributed by atoms with E-state index in [1.165, 1.54) is 13.2 Å². The van der Waals surface area contributed by atoms with Crippen LogP contribution in [0.3, 0.4) is 0 Å². The van der Waals surface area contributed by atoms with Crippen molar-refractivity contribution in [3.8, 4) is 0 Å². The molecule has 0 aliphatic carbocycles. The molecule has 0 aromatic heterocycles. The first-order chi connectivity index (χ1) is 5.58. The maximum absolute atomic E-state index is 10.3. The highest BCUT2D eigenvalue weighted by Gasteiger charge is 1.89. The van der Waals surface area contributed by atoms with E-state index >= 15 is 0 Å². The highest BCUT2D eigenvalue weighted by molar-refractivity contribution is 5.82. The predicted molar refractivity (Wildman–Crippen MR) is 51.9 cm³/mol. The molecule has 2 nitrogen and oxygen atoms in total. The van der Waals surface area contributed by atoms with Crippen LogP contribution in [0.25, 0.3) is 0 Å². The first kappa shape index (κ1) is 13.5. The van der Waals surface area contributed by atoms with Gasteiger partial charge in [-0.2, -0.15) is 0 Å². The summed E-state index contributed by atoms with van der Waals surface area (Å²) in [4.78, 5) is 10.3. The maximum atomic E-state index is 10.3. The molecular weight excluding hydrogens is 152 g/mol. The van der Waals surface area contributed by atoms with Gasteiger partial charge in [0.25, 0.3) is 0 Å². The number of hydrogen-bond acceptors (Lipinski definition) is 2. The van der Waals surface area contributed by atoms with Crippen LogP contribution in [-0.4, -0.2) is 13.1 Å². The highest BCUT2D eigenvalue weighted by atomic mass is 16.5. The van der Waals surface area contributed by atoms with Crippen molar-refractivity contribution in [1.82, 2.24) is 0 Å². The lowest BCUT2D eigenvalue weighted by Gasteiger charge is -1.89. The zero-order valence-corrected chi connectivity index (χ0v) is 8.39. The molecule has 0 aliphatic rings. The molecule has 0 rings (SSSR count). The first-order valence-electron chi connectivity index (χ1n) is 3.92. The minimum absolute atomic E-state index is 0.287. The van der Waals surface area contributed by atoms with Crippen molar-refractivity contribution >= 4 is 5.97 Å². The van der Waals surface area contributed by atoms with Gasteiger partial charge in [-0.15, -0.1) is 6.58 Å². The van der Waals surface area contributed by atoms with Crippen LogP contribution < -0.4 is 0 Å². The van der Waals surface area contributed by atoms with Crippen LogP contribution in [-0.2, 0) is 9.53 Å². The van der Waals surface area contributed by atoms with E-state index in [9.17, 15) is 4.79 Å². The van der Waals surface area contributed by atoms with E-state index in [4.69, 9.17) is 0 Å². The second kappa shape index (κ2) is 9.95. The molecule has 0 bridgehead atoms. The van der Waals surface area contributed by atoms with Gasteiger partial charge in [-0.1, -0.05) is 18.6 Å². The summed E-state index contributed by atoms with van der Waals surface area (Å²) >= 11 is 0. The number of rotatable bonds is 2. The molecule has 0 saturated carbocycles. The number of allylic oxidation sites excluding steroid dienone is 2. The van der Waals surface area contributed by atoms with Gasteiger partial charge in [-0.3, -0.25) is 0 Å². The molecule has 2 heteroatoms. The van der Waals surface area contributed by atoms with Crippen molar-refractivity contribution in [1.29, 1.82) is 0 Å². The van der Waals surface area contributed by atoms with E-state index in [1.807, 2.05) is 19.9 Å². The van der Waals surface area contributed by atoms with Crippen molar-refractivity contribution in [2.75, 3.05) is 7.11 Å². The minimum Gasteiger partial charge on any atom is -0.466 e. The number of carbonyl (C=O) groups excluding carboxylic acids is 1. The smallest absolute Gasteiger partial charge is 0.330 e. The molecule has 0 amide bonds. The Bertz CT molecular complexity index is 153. The van der Waals surface area contributed by atoms with Crippen LogP contribution in [0.1, 0.15) is 27.2 Å². The van der Waals surface area contributed by atoms with Gasteiger partial charge in [0.2, 0.25) is 0 Å². The molecule has 0 radical (unpaired) electrons. The topological polar surface area (TPSA) is 26.3 Å². The van der Waals surface area contributed by atoms with Crippen molar-refractivity contribution in [3.63, 3.8) is 0 Å². The van der Waals surface area contributed by atoms with Gasteiger partial charge in [-0.25, -0.2) is 4.79 Å². The largest absolute Gasteiger partial charge is 0.466 e. The minimum atomic E-state index is -0.287. The molecule has 0 aliphatic heterocycles. The van der Waals surface area contributed by atoms with E-state index in [-0.39, 0.29) is 5.97 Å². The summed E-state index contributed by atoms with van der Waals surface area (Å²) in [5.74, 6) is -0.287. The lowest BCUT2D eigenvalue weighted by molar-refractivity contribution is -0.134. The summed E-state index contributed by atoms with van der Waals surface area (Å²) in [6.07, 6.45) is 4.40.